The van der Waals surface area contributed by atoms with E-state index in [-0.39, 0.29) is 18.2 Å². The maximum absolute atomic E-state index is 12.5. The number of nitrogens with zero attached hydrogens (tertiary/aromatic N) is 4. The maximum Gasteiger partial charge on any atom is 0.253 e. The van der Waals surface area contributed by atoms with Gasteiger partial charge in [0.15, 0.2) is 0 Å². The SMILES string of the molecule is CCN(CC)C(=O)c1ccc(Nc2ncc3c(n2)-c2ccccc2N(C)C(=O)C3)cc1. The highest BCUT2D eigenvalue weighted by atomic mass is 16.2. The van der Waals surface area contributed by atoms with Crippen molar-refractivity contribution in [2.24, 2.45) is 0 Å². The number of carbonyl (C=O) groups is 2. The quantitative estimate of drug-likeness (QED) is 0.684. The topological polar surface area (TPSA) is 78.4 Å². The van der Waals surface area contributed by atoms with E-state index >= 15 is 0 Å². The van der Waals surface area contributed by atoms with Gasteiger partial charge >= 0.3 is 0 Å². The fourth-order valence-corrected chi connectivity index (χ4v) is 3.73. The van der Waals surface area contributed by atoms with Gasteiger partial charge in [-0.05, 0) is 44.2 Å². The fourth-order valence-electron chi connectivity index (χ4n) is 3.73. The first-order valence-electron chi connectivity index (χ1n) is 10.4. The average Bonchev–Trinajstić information content (AvgIpc) is 2.90. The molecular weight excluding hydrogens is 390 g/mol. The Morgan fingerprint density at radius 3 is 2.52 bits per heavy atom. The molecule has 0 saturated heterocycles. The number of carbonyl (C=O) groups excluding carboxylic acids is 2. The number of rotatable bonds is 5. The summed E-state index contributed by atoms with van der Waals surface area (Å²) in [6.07, 6.45) is 1.96. The minimum absolute atomic E-state index is 0.00367. The third-order valence-corrected chi connectivity index (χ3v) is 5.54. The zero-order valence-electron chi connectivity index (χ0n) is 17.9. The van der Waals surface area contributed by atoms with Crippen LogP contribution in [0.15, 0.2) is 54.7 Å². The molecule has 2 heterocycles. The van der Waals surface area contributed by atoms with Crippen molar-refractivity contribution in [1.29, 1.82) is 0 Å². The highest BCUT2D eigenvalue weighted by molar-refractivity contribution is 6.01. The van der Waals surface area contributed by atoms with Crippen LogP contribution >= 0.6 is 0 Å². The van der Waals surface area contributed by atoms with E-state index in [0.29, 0.717) is 24.6 Å². The first-order chi connectivity index (χ1) is 15.0. The van der Waals surface area contributed by atoms with Crippen LogP contribution in [0.25, 0.3) is 11.3 Å². The van der Waals surface area contributed by atoms with E-state index in [0.717, 1.165) is 28.2 Å². The Kier molecular flexibility index (Phi) is 5.66. The smallest absolute Gasteiger partial charge is 0.253 e. The molecule has 7 heteroatoms. The van der Waals surface area contributed by atoms with E-state index < -0.39 is 0 Å². The summed E-state index contributed by atoms with van der Waals surface area (Å²) in [5.74, 6) is 0.459. The zero-order valence-corrected chi connectivity index (χ0v) is 17.9. The summed E-state index contributed by atoms with van der Waals surface area (Å²) in [5, 5.41) is 3.21. The number of hydrogen-bond donors (Lipinski definition) is 1. The number of anilines is 3. The van der Waals surface area contributed by atoms with Crippen LogP contribution in [-0.4, -0.2) is 46.8 Å². The Balaban J connectivity index is 1.62. The minimum atomic E-state index is 0.00367. The zero-order chi connectivity index (χ0) is 22.0. The van der Waals surface area contributed by atoms with E-state index in [2.05, 4.69) is 10.3 Å². The molecule has 0 aliphatic carbocycles. The van der Waals surface area contributed by atoms with Crippen molar-refractivity contribution >= 4 is 29.1 Å². The molecule has 1 aromatic heterocycles. The predicted octanol–water partition coefficient (Wildman–Crippen LogP) is 3.89. The van der Waals surface area contributed by atoms with Crippen LogP contribution in [0.4, 0.5) is 17.3 Å². The minimum Gasteiger partial charge on any atom is -0.339 e. The highest BCUT2D eigenvalue weighted by Gasteiger charge is 2.24. The summed E-state index contributed by atoms with van der Waals surface area (Å²) in [4.78, 5) is 37.6. The maximum atomic E-state index is 12.5. The second-order valence-electron chi connectivity index (χ2n) is 7.39. The molecule has 2 aromatic carbocycles. The highest BCUT2D eigenvalue weighted by Crippen LogP contribution is 2.35. The Morgan fingerprint density at radius 1 is 1.10 bits per heavy atom. The van der Waals surface area contributed by atoms with Crippen molar-refractivity contribution in [1.82, 2.24) is 14.9 Å². The molecular formula is C24H25N5O2. The summed E-state index contributed by atoms with van der Waals surface area (Å²) in [5.41, 5.74) is 4.71. The third kappa shape index (κ3) is 3.99. The lowest BCUT2D eigenvalue weighted by molar-refractivity contribution is -0.117. The monoisotopic (exact) mass is 415 g/mol. The van der Waals surface area contributed by atoms with Crippen LogP contribution in [-0.2, 0) is 11.2 Å². The number of nitrogens with one attached hydrogen (secondary N) is 1. The van der Waals surface area contributed by atoms with E-state index in [4.69, 9.17) is 4.98 Å². The third-order valence-electron chi connectivity index (χ3n) is 5.54. The van der Waals surface area contributed by atoms with Crippen LogP contribution in [0, 0.1) is 0 Å². The molecule has 0 unspecified atom stereocenters. The Hall–Kier alpha value is -3.74. The molecule has 0 saturated carbocycles. The van der Waals surface area contributed by atoms with Crippen LogP contribution < -0.4 is 10.2 Å². The number of benzene rings is 2. The Morgan fingerprint density at radius 2 is 1.81 bits per heavy atom. The summed E-state index contributed by atoms with van der Waals surface area (Å²) < 4.78 is 0. The van der Waals surface area contributed by atoms with Crippen LogP contribution in [0.2, 0.25) is 0 Å². The molecule has 31 heavy (non-hydrogen) atoms. The lowest BCUT2D eigenvalue weighted by Gasteiger charge is -2.18. The van der Waals surface area contributed by atoms with Crippen molar-refractivity contribution in [3.63, 3.8) is 0 Å². The number of aromatic nitrogens is 2. The standard InChI is InChI=1S/C24H25N5O2/c1-4-29(5-2)23(31)16-10-12-18(13-11-16)26-24-25-15-17-14-21(30)28(3)20-9-7-6-8-19(20)22(17)27-24/h6-13,15H,4-5,14H2,1-3H3,(H,25,26,27). The lowest BCUT2D eigenvalue weighted by atomic mass is 10.1. The molecule has 0 radical (unpaired) electrons. The van der Waals surface area contributed by atoms with Gasteiger partial charge in [0.05, 0.1) is 17.8 Å². The molecule has 7 nitrogen and oxygen atoms in total. The molecule has 2 amide bonds. The van der Waals surface area contributed by atoms with Crippen molar-refractivity contribution in [2.45, 2.75) is 20.3 Å². The molecule has 0 fully saturated rings. The number of fused-ring (bicyclic) bond motifs is 3. The van der Waals surface area contributed by atoms with Crippen molar-refractivity contribution < 1.29 is 9.59 Å². The molecule has 4 rings (SSSR count). The number of para-hydroxylation sites is 1. The normalized spacial score (nSPS) is 12.6. The van der Waals surface area contributed by atoms with E-state index in [1.165, 1.54) is 0 Å². The van der Waals surface area contributed by atoms with Gasteiger partial charge in [0.25, 0.3) is 5.91 Å². The molecule has 158 valence electrons. The first-order valence-corrected chi connectivity index (χ1v) is 10.4. The van der Waals surface area contributed by atoms with Gasteiger partial charge in [-0.1, -0.05) is 18.2 Å². The summed E-state index contributed by atoms with van der Waals surface area (Å²) in [7, 11) is 1.78. The van der Waals surface area contributed by atoms with Gasteiger partial charge in [0, 0.05) is 48.7 Å². The molecule has 1 aliphatic heterocycles. The van der Waals surface area contributed by atoms with Crippen molar-refractivity contribution in [3.8, 4) is 11.3 Å². The molecule has 1 N–H and O–H groups in total. The predicted molar refractivity (Wildman–Crippen MR) is 122 cm³/mol. The lowest BCUT2D eigenvalue weighted by Crippen LogP contribution is -2.30. The van der Waals surface area contributed by atoms with Crippen LogP contribution in [0.5, 0.6) is 0 Å². The second kappa shape index (κ2) is 8.55. The molecule has 0 spiro atoms. The number of likely N-dealkylation sites (N-methyl/N-ethyl adjacent to an activating group) is 1. The molecule has 1 aliphatic rings. The first kappa shape index (κ1) is 20.5. The average molecular weight is 415 g/mol. The van der Waals surface area contributed by atoms with Crippen LogP contribution in [0.1, 0.15) is 29.8 Å². The van der Waals surface area contributed by atoms with Gasteiger partial charge in [0.2, 0.25) is 11.9 Å². The number of hydrogen-bond acceptors (Lipinski definition) is 5. The van der Waals surface area contributed by atoms with Gasteiger partial charge in [-0.2, -0.15) is 0 Å². The van der Waals surface area contributed by atoms with Crippen molar-refractivity contribution in [3.05, 3.63) is 65.9 Å². The molecule has 0 bridgehead atoms. The largest absolute Gasteiger partial charge is 0.339 e. The van der Waals surface area contributed by atoms with Gasteiger partial charge in [-0.3, -0.25) is 9.59 Å². The molecule has 3 aromatic rings. The van der Waals surface area contributed by atoms with E-state index in [1.54, 1.807) is 35.2 Å². The summed E-state index contributed by atoms with van der Waals surface area (Å²) in [6, 6.07) is 15.0. The second-order valence-corrected chi connectivity index (χ2v) is 7.39. The van der Waals surface area contributed by atoms with Gasteiger partial charge < -0.3 is 15.1 Å². The molecule has 0 atom stereocenters. The van der Waals surface area contributed by atoms with E-state index in [1.807, 2.05) is 50.2 Å². The Labute approximate surface area is 181 Å². The van der Waals surface area contributed by atoms with Gasteiger partial charge in [-0.25, -0.2) is 9.97 Å². The van der Waals surface area contributed by atoms with Crippen LogP contribution in [0.3, 0.4) is 0 Å². The van der Waals surface area contributed by atoms with Gasteiger partial charge in [0.1, 0.15) is 0 Å². The van der Waals surface area contributed by atoms with Crippen molar-refractivity contribution in [2.75, 3.05) is 30.4 Å². The van der Waals surface area contributed by atoms with E-state index in [9.17, 15) is 9.59 Å². The van der Waals surface area contributed by atoms with Gasteiger partial charge in [-0.15, -0.1) is 0 Å². The Bertz CT molecular complexity index is 1120. The summed E-state index contributed by atoms with van der Waals surface area (Å²) in [6.45, 7) is 5.29. The summed E-state index contributed by atoms with van der Waals surface area (Å²) >= 11 is 0. The fraction of sp³-hybridized carbons (Fsp3) is 0.250. The number of amides is 2.